The number of aromatic hydroxyl groups is 1. The Hall–Kier alpha value is -11.9. The number of carbonyl (C=O) groups is 12. The van der Waals surface area contributed by atoms with Crippen LogP contribution in [0.15, 0.2) is 109 Å². The van der Waals surface area contributed by atoms with Crippen LogP contribution < -0.4 is 75.1 Å². The van der Waals surface area contributed by atoms with Crippen LogP contribution in [0.5, 0.6) is 11.5 Å². The average molecular weight is 1570 g/mol. The summed E-state index contributed by atoms with van der Waals surface area (Å²) in [5, 5.41) is 89.1. The number of aliphatic hydroxyl groups excluding tert-OH is 3. The summed E-state index contributed by atoms with van der Waals surface area (Å²) in [5.74, 6) is -14.3. The molecule has 6 aromatic rings. The van der Waals surface area contributed by atoms with E-state index in [0.717, 1.165) is 73.1 Å². The smallest absolute Gasteiger partial charge is 0.305 e. The van der Waals surface area contributed by atoms with E-state index < -0.39 is 181 Å². The minimum Gasteiger partial charge on any atom is -0.508 e. The lowest BCUT2D eigenvalue weighted by atomic mass is 9.90. The van der Waals surface area contributed by atoms with Crippen LogP contribution in [0.2, 0.25) is 0 Å². The summed E-state index contributed by atoms with van der Waals surface area (Å²) in [6.07, 6.45) is -3.04. The van der Waals surface area contributed by atoms with E-state index in [1.807, 2.05) is 57.2 Å². The van der Waals surface area contributed by atoms with Gasteiger partial charge in [0.05, 0.1) is 44.4 Å². The molecule has 5 aromatic carbocycles. The average Bonchev–Trinajstić information content (AvgIpc) is 1.62. The highest BCUT2D eigenvalue weighted by atomic mass is 19.1. The van der Waals surface area contributed by atoms with Gasteiger partial charge in [-0.05, 0) is 162 Å². The van der Waals surface area contributed by atoms with Gasteiger partial charge in [-0.25, -0.2) is 4.39 Å². The zero-order valence-electron chi connectivity index (χ0n) is 63.8. The fraction of sp³-hybridized carbons (Fsp3) is 0.442. The number of aliphatic carboxylic acids is 1. The first-order valence-corrected chi connectivity index (χ1v) is 36.7. The molecule has 0 saturated carbocycles. The maximum absolute atomic E-state index is 15.5. The maximum Gasteiger partial charge on any atom is 0.305 e. The Kier molecular flexibility index (Phi) is 34.8. The van der Waals surface area contributed by atoms with Crippen molar-refractivity contribution >= 4 is 70.9 Å². The number of aryl methyl sites for hydroxylation is 4. The number of hydrogen-bond donors (Lipinski definition) is 19. The number of nitrogens with two attached hydrogens (primary N) is 3. The molecule has 0 aliphatic heterocycles. The molecule has 1 aromatic heterocycles. The molecule has 113 heavy (non-hydrogen) atoms. The number of benzene rings is 5. The quantitative estimate of drug-likeness (QED) is 0.0188. The third kappa shape index (κ3) is 28.4. The van der Waals surface area contributed by atoms with Crippen molar-refractivity contribution in [1.82, 2.24) is 73.8 Å². The zero-order chi connectivity index (χ0) is 83.2. The van der Waals surface area contributed by atoms with Gasteiger partial charge in [-0.1, -0.05) is 102 Å². The van der Waals surface area contributed by atoms with E-state index in [4.69, 9.17) is 21.9 Å². The van der Waals surface area contributed by atoms with E-state index >= 15 is 4.39 Å². The largest absolute Gasteiger partial charge is 0.508 e. The van der Waals surface area contributed by atoms with Crippen molar-refractivity contribution in [3.63, 3.8) is 0 Å². The summed E-state index contributed by atoms with van der Waals surface area (Å²) in [6, 6.07) is 14.5. The van der Waals surface area contributed by atoms with Gasteiger partial charge in [0.15, 0.2) is 5.82 Å². The van der Waals surface area contributed by atoms with Crippen LogP contribution in [-0.2, 0) is 96.1 Å². The molecule has 0 bridgehead atoms. The first-order valence-electron chi connectivity index (χ1n) is 36.7. The fourth-order valence-electron chi connectivity index (χ4n) is 12.1. The number of aliphatic hydroxyl groups is 3. The summed E-state index contributed by atoms with van der Waals surface area (Å²) in [7, 11) is 0. The van der Waals surface area contributed by atoms with E-state index in [1.54, 1.807) is 36.4 Å². The molecule has 0 saturated heterocycles. The Morgan fingerprint density at radius 2 is 1.21 bits per heavy atom. The number of halogens is 1. The van der Waals surface area contributed by atoms with E-state index in [0.29, 0.717) is 49.3 Å². The number of aromatic amines is 1. The third-order valence-corrected chi connectivity index (χ3v) is 18.2. The predicted molar refractivity (Wildman–Crippen MR) is 408 cm³/mol. The number of tetrazole rings is 1. The number of phenolic OH excluding ortho intramolecular Hbond substituents is 1. The minimum atomic E-state index is -2.41. The topological polar surface area (TPSA) is 568 Å². The molecule has 0 spiro atoms. The van der Waals surface area contributed by atoms with Crippen molar-refractivity contribution in [2.75, 3.05) is 26.3 Å². The Labute approximate surface area is 651 Å². The maximum atomic E-state index is 15.5. The molecular weight excluding hydrogens is 1470 g/mol. The summed E-state index contributed by atoms with van der Waals surface area (Å²) in [5.41, 5.74) is 21.7. The lowest BCUT2D eigenvalue weighted by molar-refractivity contribution is -0.142. The second kappa shape index (κ2) is 43.7. The zero-order valence-corrected chi connectivity index (χ0v) is 63.8. The van der Waals surface area contributed by atoms with Crippen molar-refractivity contribution in [1.29, 1.82) is 0 Å². The molecular formula is C77H102FN17O18. The third-order valence-electron chi connectivity index (χ3n) is 18.2. The van der Waals surface area contributed by atoms with Crippen molar-refractivity contribution in [2.45, 2.75) is 191 Å². The Balaban J connectivity index is 1.16. The monoisotopic (exact) mass is 1570 g/mol. The van der Waals surface area contributed by atoms with Crippen LogP contribution in [-0.4, -0.2) is 216 Å². The molecule has 1 heterocycles. The van der Waals surface area contributed by atoms with Crippen LogP contribution in [0.25, 0.3) is 11.1 Å². The normalized spacial score (nSPS) is 14.6. The van der Waals surface area contributed by atoms with Crippen molar-refractivity contribution < 1.29 is 92.2 Å². The van der Waals surface area contributed by atoms with Gasteiger partial charge in [-0.15, -0.1) is 10.2 Å². The van der Waals surface area contributed by atoms with Gasteiger partial charge < -0.3 is 101 Å². The molecule has 6 rings (SSSR count). The van der Waals surface area contributed by atoms with Crippen LogP contribution in [0.3, 0.4) is 0 Å². The number of amides is 11. The lowest BCUT2D eigenvalue weighted by Gasteiger charge is -2.34. The minimum absolute atomic E-state index is 0.00786. The van der Waals surface area contributed by atoms with Crippen molar-refractivity contribution in [3.05, 3.63) is 160 Å². The van der Waals surface area contributed by atoms with Gasteiger partial charge >= 0.3 is 5.97 Å². The highest BCUT2D eigenvalue weighted by molar-refractivity contribution is 6.00. The van der Waals surface area contributed by atoms with Gasteiger partial charge in [0.2, 0.25) is 65.0 Å². The molecule has 22 N–H and O–H groups in total. The second-order valence-corrected chi connectivity index (χ2v) is 27.8. The summed E-state index contributed by atoms with van der Waals surface area (Å²) in [4.78, 5) is 166. The van der Waals surface area contributed by atoms with Gasteiger partial charge in [-0.2, -0.15) is 5.21 Å². The lowest BCUT2D eigenvalue weighted by Crippen LogP contribution is -2.67. The van der Waals surface area contributed by atoms with E-state index in [9.17, 15) is 83.1 Å². The van der Waals surface area contributed by atoms with Crippen molar-refractivity contribution in [2.24, 2.45) is 17.2 Å². The number of primary amides is 1. The number of carboxylic acid groups (broad SMARTS) is 1. The second-order valence-electron chi connectivity index (χ2n) is 27.8. The van der Waals surface area contributed by atoms with Gasteiger partial charge in [0, 0.05) is 19.3 Å². The number of nitrogens with one attached hydrogen (secondary N) is 11. The molecule has 35 nitrogen and oxygen atoms in total. The number of aromatic nitrogens is 4. The first kappa shape index (κ1) is 90.0. The number of rotatable bonds is 45. The van der Waals surface area contributed by atoms with Crippen LogP contribution in [0, 0.1) is 19.7 Å². The highest BCUT2D eigenvalue weighted by Gasteiger charge is 2.43. The molecule has 0 fully saturated rings. The molecule has 0 aliphatic carbocycles. The number of carbonyl (C=O) groups excluding carboxylic acids is 11. The Bertz CT molecular complexity index is 4250. The van der Waals surface area contributed by atoms with E-state index in [2.05, 4.69) is 73.8 Å². The number of ether oxygens (including phenoxy) is 1. The first-order chi connectivity index (χ1) is 53.6. The van der Waals surface area contributed by atoms with Crippen LogP contribution in [0.4, 0.5) is 4.39 Å². The summed E-state index contributed by atoms with van der Waals surface area (Å²) < 4.78 is 21.5. The summed E-state index contributed by atoms with van der Waals surface area (Å²) in [6.45, 7) is 9.12. The molecule has 0 unspecified atom stereocenters. The number of nitrogens with zero attached hydrogens (tertiary/aromatic N) is 3. The molecule has 0 aliphatic rings. The van der Waals surface area contributed by atoms with Crippen LogP contribution in [0.1, 0.15) is 111 Å². The molecule has 36 heteroatoms. The number of H-pyrrole nitrogens is 1. The fourth-order valence-corrected chi connectivity index (χ4v) is 12.1. The highest BCUT2D eigenvalue weighted by Crippen LogP contribution is 2.29. The van der Waals surface area contributed by atoms with E-state index in [-0.39, 0.29) is 36.4 Å². The van der Waals surface area contributed by atoms with Gasteiger partial charge in [0.25, 0.3) is 0 Å². The number of hydrogen-bond acceptors (Lipinski definition) is 22. The van der Waals surface area contributed by atoms with Gasteiger partial charge in [0.1, 0.15) is 71.2 Å². The molecule has 11 amide bonds. The molecule has 12 atom stereocenters. The Morgan fingerprint density at radius 3 is 1.82 bits per heavy atom. The predicted octanol–water partition coefficient (Wildman–Crippen LogP) is -1.77. The number of carboxylic acids is 1. The van der Waals surface area contributed by atoms with E-state index in [1.165, 1.54) is 37.3 Å². The van der Waals surface area contributed by atoms with Gasteiger partial charge in [-0.3, -0.25) is 57.5 Å². The standard InChI is InChI=1S/C77H102FN17O18/c1-8-49-35-53(113-29-12-11-28-79)26-27-54(49)50-22-18-47(19-23-50)34-58(71(107)84-57(67(81)103)17-13-14-48-31-41(2)30-42(3)32-48)86-72(108)60(37-64(101)102)87-73(109)61(40-96)88-74(110)65(44(5)97)90-76(112)77(7,38-51-15-9-10-16-55(51)78)91-75(111)66(45(6)98)89-63(100)39-82-70(106)59(36-62-92-94-95-93-62)85-68(104)43(4)83-69(105)56(80)33-46-20-24-52(99)25-21-46/h9-10,15-16,18-27,30-32,35,43-45,56-61,65-66,96-99H,8,11-14,17,28-29,33-34,36-40,79-80H2,1-7H3,(H2,81,103)(H,82,106)(H,83,105)(H,84,107)(H,85,104)(H,86,108)(H,87,109)(H,88,110)(H,89,100)(H,90,112)(H,91,111)(H,101,102)(H,92,93,94,95)/t43-,44+,45+,56-,57-,58-,59-,60-,61-,65-,66-,77-/m0/s1. The summed E-state index contributed by atoms with van der Waals surface area (Å²) >= 11 is 0. The SMILES string of the molecule is CCc1cc(OCCCCN)ccc1-c1ccc(C[C@H](NC(=O)[C@H](CC(=O)O)NC(=O)[C@H](CO)NC(=O)[C@@H](NC(=O)[C@](C)(Cc2ccccc2F)NC(=O)[C@@H](NC(=O)CNC(=O)[C@H](Cc2nn[nH]n2)NC(=O)[C@H](C)NC(=O)[C@@H](N)Cc2ccc(O)cc2)[C@@H](C)O)[C@@H](C)O)C(=O)N[C@@H](CCCc2cc(C)cc(C)c2)C(N)=O)cc1. The van der Waals surface area contributed by atoms with Crippen LogP contribution >= 0.6 is 0 Å². The number of phenols is 1. The number of unbranched alkanes of at least 4 members (excludes halogenated alkanes) is 1. The Morgan fingerprint density at radius 1 is 0.619 bits per heavy atom. The van der Waals surface area contributed by atoms with Crippen molar-refractivity contribution in [3.8, 4) is 22.6 Å². The molecule has 0 radical (unpaired) electrons. The molecule has 610 valence electrons.